The third-order valence-corrected chi connectivity index (χ3v) is 3.04. The summed E-state index contributed by atoms with van der Waals surface area (Å²) in [7, 11) is 0. The lowest BCUT2D eigenvalue weighted by molar-refractivity contribution is -0.118. The highest BCUT2D eigenvalue weighted by molar-refractivity contribution is 5.95. The van der Waals surface area contributed by atoms with Gasteiger partial charge in [0.15, 0.2) is 0 Å². The van der Waals surface area contributed by atoms with Gasteiger partial charge in [-0.05, 0) is 36.2 Å². The summed E-state index contributed by atoms with van der Waals surface area (Å²) in [4.78, 5) is 11.9. The number of rotatable bonds is 4. The molecule has 0 radical (unpaired) electrons. The molecule has 0 aliphatic heterocycles. The first-order chi connectivity index (χ1) is 9.08. The first-order valence-electron chi connectivity index (χ1n) is 6.38. The highest BCUT2D eigenvalue weighted by atomic mass is 16.2. The van der Waals surface area contributed by atoms with E-state index in [1.54, 1.807) is 0 Å². The SMILES string of the molecule is CC(C)C(N)C(=O)Nc1cccc(-n2cccc2)c1. The Morgan fingerprint density at radius 3 is 2.53 bits per heavy atom. The standard InChI is InChI=1S/C15H19N3O/c1-11(2)14(16)15(19)17-12-6-5-7-13(10-12)18-8-3-4-9-18/h3-11,14H,16H2,1-2H3,(H,17,19). The molecule has 1 aromatic carbocycles. The van der Waals surface area contributed by atoms with Gasteiger partial charge < -0.3 is 15.6 Å². The first kappa shape index (κ1) is 13.4. The molecule has 4 heteroatoms. The van der Waals surface area contributed by atoms with E-state index in [4.69, 9.17) is 5.73 Å². The van der Waals surface area contributed by atoms with Crippen molar-refractivity contribution < 1.29 is 4.79 Å². The van der Waals surface area contributed by atoms with E-state index in [9.17, 15) is 4.79 Å². The zero-order chi connectivity index (χ0) is 13.8. The van der Waals surface area contributed by atoms with Crippen LogP contribution in [-0.2, 0) is 4.79 Å². The lowest BCUT2D eigenvalue weighted by atomic mass is 10.0. The fraction of sp³-hybridized carbons (Fsp3) is 0.267. The van der Waals surface area contributed by atoms with Crippen molar-refractivity contribution in [2.75, 3.05) is 5.32 Å². The molecule has 1 amide bonds. The van der Waals surface area contributed by atoms with Gasteiger partial charge in [-0.15, -0.1) is 0 Å². The van der Waals surface area contributed by atoms with Crippen LogP contribution >= 0.6 is 0 Å². The summed E-state index contributed by atoms with van der Waals surface area (Å²) in [5.74, 6) is -0.0349. The number of carbonyl (C=O) groups excluding carboxylic acids is 1. The fourth-order valence-electron chi connectivity index (χ4n) is 1.78. The van der Waals surface area contributed by atoms with Crippen molar-refractivity contribution in [3.05, 3.63) is 48.8 Å². The molecule has 1 unspecified atom stereocenters. The number of hydrogen-bond acceptors (Lipinski definition) is 2. The minimum Gasteiger partial charge on any atom is -0.325 e. The number of nitrogens with two attached hydrogens (primary N) is 1. The summed E-state index contributed by atoms with van der Waals surface area (Å²) in [6, 6.07) is 11.1. The molecule has 0 aliphatic carbocycles. The molecular weight excluding hydrogens is 238 g/mol. The Labute approximate surface area is 113 Å². The van der Waals surface area contributed by atoms with Crippen molar-refractivity contribution in [1.29, 1.82) is 0 Å². The lowest BCUT2D eigenvalue weighted by Gasteiger charge is -2.15. The van der Waals surface area contributed by atoms with E-state index in [1.807, 2.05) is 67.2 Å². The molecule has 0 saturated heterocycles. The van der Waals surface area contributed by atoms with Crippen molar-refractivity contribution in [3.63, 3.8) is 0 Å². The molecule has 0 spiro atoms. The number of carbonyl (C=O) groups is 1. The summed E-state index contributed by atoms with van der Waals surface area (Å²) in [5, 5.41) is 2.85. The van der Waals surface area contributed by atoms with E-state index in [1.165, 1.54) is 0 Å². The van der Waals surface area contributed by atoms with E-state index < -0.39 is 6.04 Å². The Kier molecular flexibility index (Phi) is 4.02. The minimum atomic E-state index is -0.491. The van der Waals surface area contributed by atoms with Crippen LogP contribution in [0.15, 0.2) is 48.8 Å². The number of aromatic nitrogens is 1. The Bertz CT molecular complexity index is 546. The predicted octanol–water partition coefficient (Wildman–Crippen LogP) is 2.40. The number of benzene rings is 1. The fourth-order valence-corrected chi connectivity index (χ4v) is 1.78. The molecule has 0 aliphatic rings. The molecule has 0 saturated carbocycles. The summed E-state index contributed by atoms with van der Waals surface area (Å²) in [6.07, 6.45) is 3.92. The van der Waals surface area contributed by atoms with Crippen molar-refractivity contribution in [3.8, 4) is 5.69 Å². The van der Waals surface area contributed by atoms with Gasteiger partial charge in [-0.3, -0.25) is 4.79 Å². The van der Waals surface area contributed by atoms with Crippen LogP contribution in [0.5, 0.6) is 0 Å². The van der Waals surface area contributed by atoms with Gasteiger partial charge in [-0.1, -0.05) is 19.9 Å². The van der Waals surface area contributed by atoms with Crippen molar-refractivity contribution in [1.82, 2.24) is 4.57 Å². The molecule has 2 aromatic rings. The molecule has 1 aromatic heterocycles. The number of anilines is 1. The van der Waals surface area contributed by atoms with Crippen LogP contribution in [0.3, 0.4) is 0 Å². The predicted molar refractivity (Wildman–Crippen MR) is 77.2 cm³/mol. The second-order valence-corrected chi connectivity index (χ2v) is 4.90. The zero-order valence-electron chi connectivity index (χ0n) is 11.2. The van der Waals surface area contributed by atoms with E-state index in [-0.39, 0.29) is 11.8 Å². The van der Waals surface area contributed by atoms with Gasteiger partial charge in [-0.25, -0.2) is 0 Å². The van der Waals surface area contributed by atoms with Gasteiger partial charge in [0.2, 0.25) is 5.91 Å². The smallest absolute Gasteiger partial charge is 0.241 e. The molecule has 4 nitrogen and oxygen atoms in total. The molecule has 19 heavy (non-hydrogen) atoms. The number of amides is 1. The number of nitrogens with one attached hydrogen (secondary N) is 1. The maximum Gasteiger partial charge on any atom is 0.241 e. The third kappa shape index (κ3) is 3.23. The Morgan fingerprint density at radius 1 is 1.21 bits per heavy atom. The average molecular weight is 257 g/mol. The van der Waals surface area contributed by atoms with Gasteiger partial charge in [0, 0.05) is 23.8 Å². The van der Waals surface area contributed by atoms with Crippen LogP contribution in [0.1, 0.15) is 13.8 Å². The van der Waals surface area contributed by atoms with Crippen LogP contribution in [-0.4, -0.2) is 16.5 Å². The van der Waals surface area contributed by atoms with E-state index in [2.05, 4.69) is 5.32 Å². The molecule has 1 heterocycles. The average Bonchev–Trinajstić information content (AvgIpc) is 2.91. The Morgan fingerprint density at radius 2 is 1.89 bits per heavy atom. The zero-order valence-corrected chi connectivity index (χ0v) is 11.2. The Hall–Kier alpha value is -2.07. The van der Waals surface area contributed by atoms with Gasteiger partial charge >= 0.3 is 0 Å². The molecule has 0 fully saturated rings. The third-order valence-electron chi connectivity index (χ3n) is 3.04. The topological polar surface area (TPSA) is 60.1 Å². The van der Waals surface area contributed by atoms with Gasteiger partial charge in [0.25, 0.3) is 0 Å². The highest BCUT2D eigenvalue weighted by Crippen LogP contribution is 2.15. The molecule has 100 valence electrons. The maximum absolute atomic E-state index is 11.9. The molecule has 2 rings (SSSR count). The molecule has 0 bridgehead atoms. The maximum atomic E-state index is 11.9. The van der Waals surface area contributed by atoms with Gasteiger partial charge in [0.1, 0.15) is 0 Å². The highest BCUT2D eigenvalue weighted by Gasteiger charge is 2.17. The monoisotopic (exact) mass is 257 g/mol. The van der Waals surface area contributed by atoms with E-state index in [0.29, 0.717) is 0 Å². The summed E-state index contributed by atoms with van der Waals surface area (Å²) in [5.41, 5.74) is 7.58. The normalized spacial score (nSPS) is 12.4. The quantitative estimate of drug-likeness (QED) is 0.883. The summed E-state index contributed by atoms with van der Waals surface area (Å²) < 4.78 is 1.98. The van der Waals surface area contributed by atoms with Crippen LogP contribution < -0.4 is 11.1 Å². The number of hydrogen-bond donors (Lipinski definition) is 2. The molecule has 1 atom stereocenters. The number of nitrogens with zero attached hydrogens (tertiary/aromatic N) is 1. The van der Waals surface area contributed by atoms with Crippen LogP contribution in [0.4, 0.5) is 5.69 Å². The van der Waals surface area contributed by atoms with Gasteiger partial charge in [0.05, 0.1) is 6.04 Å². The van der Waals surface area contributed by atoms with Crippen molar-refractivity contribution in [2.24, 2.45) is 11.7 Å². The minimum absolute atomic E-state index is 0.118. The summed E-state index contributed by atoms with van der Waals surface area (Å²) in [6.45, 7) is 3.86. The van der Waals surface area contributed by atoms with Crippen LogP contribution in [0.25, 0.3) is 5.69 Å². The van der Waals surface area contributed by atoms with Crippen LogP contribution in [0.2, 0.25) is 0 Å². The Balaban J connectivity index is 2.14. The first-order valence-corrected chi connectivity index (χ1v) is 6.38. The second-order valence-electron chi connectivity index (χ2n) is 4.90. The second kappa shape index (κ2) is 5.71. The van der Waals surface area contributed by atoms with Gasteiger partial charge in [-0.2, -0.15) is 0 Å². The van der Waals surface area contributed by atoms with E-state index >= 15 is 0 Å². The molecule has 3 N–H and O–H groups in total. The van der Waals surface area contributed by atoms with Crippen molar-refractivity contribution in [2.45, 2.75) is 19.9 Å². The van der Waals surface area contributed by atoms with Crippen molar-refractivity contribution >= 4 is 11.6 Å². The molecular formula is C15H19N3O. The van der Waals surface area contributed by atoms with E-state index in [0.717, 1.165) is 11.4 Å². The summed E-state index contributed by atoms with van der Waals surface area (Å²) >= 11 is 0. The van der Waals surface area contributed by atoms with Crippen LogP contribution in [0, 0.1) is 5.92 Å². The largest absolute Gasteiger partial charge is 0.325 e. The lowest BCUT2D eigenvalue weighted by Crippen LogP contribution is -2.39.